The fourth-order valence-electron chi connectivity index (χ4n) is 2.97. The Morgan fingerprint density at radius 1 is 1.33 bits per heavy atom. The van der Waals surface area contributed by atoms with Gasteiger partial charge in [-0.05, 0) is 37.1 Å². The third-order valence-electron chi connectivity index (χ3n) is 4.21. The summed E-state index contributed by atoms with van der Waals surface area (Å²) in [5.74, 6) is 1.02. The highest BCUT2D eigenvalue weighted by molar-refractivity contribution is 9.10. The van der Waals surface area contributed by atoms with E-state index in [0.717, 1.165) is 35.2 Å². The van der Waals surface area contributed by atoms with Gasteiger partial charge in [0.05, 0.1) is 18.0 Å². The molecule has 2 atom stereocenters. The lowest BCUT2D eigenvalue weighted by atomic mass is 9.83. The number of hydrogen-bond acceptors (Lipinski definition) is 4. The molecule has 0 bridgehead atoms. The number of Topliss-reactive ketones (excluding diaryl/α,β-unsaturated/α-hetero) is 1. The van der Waals surface area contributed by atoms with Crippen LogP contribution < -0.4 is 0 Å². The summed E-state index contributed by atoms with van der Waals surface area (Å²) in [5.41, 5.74) is -0.180. The molecule has 1 aromatic carbocycles. The summed E-state index contributed by atoms with van der Waals surface area (Å²) >= 11 is 5.04. The Kier molecular flexibility index (Phi) is 5.04. The zero-order chi connectivity index (χ0) is 14.7. The second-order valence-electron chi connectivity index (χ2n) is 5.73. The number of ether oxygens (including phenoxy) is 2. The Hall–Kier alpha value is -0.360. The first kappa shape index (κ1) is 15.5. The second kappa shape index (κ2) is 6.82. The van der Waals surface area contributed by atoms with E-state index in [-0.39, 0.29) is 11.5 Å². The van der Waals surface area contributed by atoms with Crippen LogP contribution in [0.25, 0.3) is 0 Å². The Labute approximate surface area is 137 Å². The summed E-state index contributed by atoms with van der Waals surface area (Å²) < 4.78 is 12.4. The number of thioether (sulfide) groups is 1. The number of carbonyl (C=O) groups is 1. The minimum Gasteiger partial charge on any atom is -0.378 e. The molecule has 0 saturated carbocycles. The summed E-state index contributed by atoms with van der Waals surface area (Å²) in [5, 5.41) is 0. The minimum absolute atomic E-state index is 0.128. The molecule has 0 aromatic heterocycles. The predicted molar refractivity (Wildman–Crippen MR) is 86.7 cm³/mol. The highest BCUT2D eigenvalue weighted by Crippen LogP contribution is 2.36. The van der Waals surface area contributed by atoms with Crippen molar-refractivity contribution in [1.29, 1.82) is 0 Å². The molecular weight excluding hydrogens is 352 g/mol. The van der Waals surface area contributed by atoms with Gasteiger partial charge in [-0.3, -0.25) is 4.79 Å². The molecule has 0 aliphatic carbocycles. The van der Waals surface area contributed by atoms with Gasteiger partial charge in [0.1, 0.15) is 5.78 Å². The molecule has 2 heterocycles. The third kappa shape index (κ3) is 3.89. The van der Waals surface area contributed by atoms with Gasteiger partial charge in [-0.2, -0.15) is 0 Å². The first-order valence-corrected chi connectivity index (χ1v) is 9.08. The second-order valence-corrected chi connectivity index (χ2v) is 7.70. The minimum atomic E-state index is -0.180. The molecule has 3 rings (SSSR count). The highest BCUT2D eigenvalue weighted by atomic mass is 79.9. The van der Waals surface area contributed by atoms with E-state index in [9.17, 15) is 4.79 Å². The molecule has 21 heavy (non-hydrogen) atoms. The van der Waals surface area contributed by atoms with Gasteiger partial charge in [-0.15, -0.1) is 11.8 Å². The van der Waals surface area contributed by atoms with E-state index >= 15 is 0 Å². The molecule has 3 nitrogen and oxygen atoms in total. The molecule has 114 valence electrons. The van der Waals surface area contributed by atoms with Crippen LogP contribution in [0.15, 0.2) is 33.6 Å². The van der Waals surface area contributed by atoms with Gasteiger partial charge in [0.2, 0.25) is 0 Å². The normalized spacial score (nSPS) is 28.9. The van der Waals surface area contributed by atoms with E-state index in [1.54, 1.807) is 11.8 Å². The molecule has 2 unspecified atom stereocenters. The van der Waals surface area contributed by atoms with Crippen LogP contribution >= 0.6 is 27.7 Å². The van der Waals surface area contributed by atoms with E-state index in [1.165, 1.54) is 0 Å². The molecular formula is C16H19BrO3S. The van der Waals surface area contributed by atoms with E-state index in [0.29, 0.717) is 24.7 Å². The van der Waals surface area contributed by atoms with Crippen molar-refractivity contribution in [2.45, 2.75) is 29.8 Å². The number of rotatable bonds is 4. The summed E-state index contributed by atoms with van der Waals surface area (Å²) in [4.78, 5) is 13.6. The Morgan fingerprint density at radius 2 is 2.14 bits per heavy atom. The van der Waals surface area contributed by atoms with Gasteiger partial charge in [0, 0.05) is 34.9 Å². The molecule has 5 heteroatoms. The summed E-state index contributed by atoms with van der Waals surface area (Å²) in [6.45, 7) is 2.09. The zero-order valence-electron chi connectivity index (χ0n) is 11.8. The average molecular weight is 371 g/mol. The van der Waals surface area contributed by atoms with Crippen molar-refractivity contribution < 1.29 is 14.3 Å². The molecule has 0 amide bonds. The van der Waals surface area contributed by atoms with Crippen LogP contribution in [0.3, 0.4) is 0 Å². The van der Waals surface area contributed by atoms with Crippen molar-refractivity contribution in [3.63, 3.8) is 0 Å². The Balaban J connectivity index is 1.54. The van der Waals surface area contributed by atoms with Crippen LogP contribution in [0.2, 0.25) is 0 Å². The molecule has 1 aromatic rings. The van der Waals surface area contributed by atoms with Gasteiger partial charge in [-0.25, -0.2) is 0 Å². The lowest BCUT2D eigenvalue weighted by molar-refractivity contribution is -0.134. The smallest absolute Gasteiger partial charge is 0.146 e. The lowest BCUT2D eigenvalue weighted by Crippen LogP contribution is -2.42. The highest BCUT2D eigenvalue weighted by Gasteiger charge is 2.42. The maximum atomic E-state index is 12.5. The van der Waals surface area contributed by atoms with Gasteiger partial charge in [0.25, 0.3) is 0 Å². The predicted octanol–water partition coefficient (Wildman–Crippen LogP) is 3.70. The molecule has 2 fully saturated rings. The van der Waals surface area contributed by atoms with E-state index in [4.69, 9.17) is 9.47 Å². The van der Waals surface area contributed by atoms with E-state index in [1.807, 2.05) is 24.3 Å². The van der Waals surface area contributed by atoms with Crippen molar-refractivity contribution in [2.75, 3.05) is 25.6 Å². The topological polar surface area (TPSA) is 35.5 Å². The quantitative estimate of drug-likeness (QED) is 0.757. The zero-order valence-corrected chi connectivity index (χ0v) is 14.2. The van der Waals surface area contributed by atoms with Crippen LogP contribution in [0.4, 0.5) is 0 Å². The molecule has 1 spiro atoms. The Morgan fingerprint density at radius 3 is 2.86 bits per heavy atom. The van der Waals surface area contributed by atoms with Crippen LogP contribution in [0.5, 0.6) is 0 Å². The largest absolute Gasteiger partial charge is 0.378 e. The monoisotopic (exact) mass is 370 g/mol. The molecule has 2 aliphatic heterocycles. The molecule has 0 radical (unpaired) electrons. The maximum absolute atomic E-state index is 12.5. The average Bonchev–Trinajstić information content (AvgIpc) is 2.94. The lowest BCUT2D eigenvalue weighted by Gasteiger charge is -2.36. The molecule has 2 aliphatic rings. The fraction of sp³-hybridized carbons (Fsp3) is 0.562. The van der Waals surface area contributed by atoms with E-state index < -0.39 is 0 Å². The number of halogens is 1. The Bertz CT molecular complexity index is 497. The van der Waals surface area contributed by atoms with Crippen molar-refractivity contribution in [3.8, 4) is 0 Å². The van der Waals surface area contributed by atoms with Crippen LogP contribution in [-0.2, 0) is 14.3 Å². The van der Waals surface area contributed by atoms with E-state index in [2.05, 4.69) is 15.9 Å². The SMILES string of the molecule is O=C(CSc1ccc(Br)cc1)C1CCOC2(CCOC2)C1. The van der Waals surface area contributed by atoms with Crippen molar-refractivity contribution in [2.24, 2.45) is 5.92 Å². The van der Waals surface area contributed by atoms with Crippen molar-refractivity contribution in [1.82, 2.24) is 0 Å². The fourth-order valence-corrected chi connectivity index (χ4v) is 4.11. The summed E-state index contributed by atoms with van der Waals surface area (Å²) in [6.07, 6.45) is 2.60. The standard InChI is InChI=1S/C16H19BrO3S/c17-13-1-3-14(4-2-13)21-10-15(18)12-5-7-20-16(9-12)6-8-19-11-16/h1-4,12H,5-11H2. The van der Waals surface area contributed by atoms with Gasteiger partial charge >= 0.3 is 0 Å². The number of ketones is 1. The number of benzene rings is 1. The first-order chi connectivity index (χ1) is 10.2. The number of hydrogen-bond donors (Lipinski definition) is 0. The molecule has 0 N–H and O–H groups in total. The van der Waals surface area contributed by atoms with Gasteiger partial charge in [-0.1, -0.05) is 15.9 Å². The summed E-state index contributed by atoms with van der Waals surface area (Å²) in [7, 11) is 0. The third-order valence-corrected chi connectivity index (χ3v) is 5.77. The first-order valence-electron chi connectivity index (χ1n) is 7.30. The maximum Gasteiger partial charge on any atom is 0.146 e. The van der Waals surface area contributed by atoms with Crippen LogP contribution in [0, 0.1) is 5.92 Å². The van der Waals surface area contributed by atoms with Crippen LogP contribution in [-0.4, -0.2) is 37.0 Å². The summed E-state index contributed by atoms with van der Waals surface area (Å²) in [6, 6.07) is 8.09. The van der Waals surface area contributed by atoms with Crippen molar-refractivity contribution >= 4 is 33.5 Å². The van der Waals surface area contributed by atoms with Crippen LogP contribution in [0.1, 0.15) is 19.3 Å². The van der Waals surface area contributed by atoms with Gasteiger partial charge < -0.3 is 9.47 Å². The van der Waals surface area contributed by atoms with Gasteiger partial charge in [0.15, 0.2) is 0 Å². The molecule has 2 saturated heterocycles. The van der Waals surface area contributed by atoms with Crippen molar-refractivity contribution in [3.05, 3.63) is 28.7 Å². The number of carbonyl (C=O) groups excluding carboxylic acids is 1.